The zero-order valence-corrected chi connectivity index (χ0v) is 16.4. The smallest absolute Gasteiger partial charge is 0.119 e. The van der Waals surface area contributed by atoms with E-state index in [1.165, 1.54) is 5.69 Å². The van der Waals surface area contributed by atoms with Gasteiger partial charge in [-0.2, -0.15) is 5.10 Å². The van der Waals surface area contributed by atoms with E-state index in [0.29, 0.717) is 0 Å². The quantitative estimate of drug-likeness (QED) is 0.527. The second-order valence-corrected chi connectivity index (χ2v) is 7.61. The third-order valence-corrected chi connectivity index (χ3v) is 5.67. The van der Waals surface area contributed by atoms with Gasteiger partial charge in [0, 0.05) is 34.4 Å². The van der Waals surface area contributed by atoms with E-state index in [2.05, 4.69) is 60.2 Å². The molecule has 3 aromatic heterocycles. The molecule has 0 radical (unpaired) electrons. The fourth-order valence-corrected chi connectivity index (χ4v) is 4.30. The number of hydrogen-bond acceptors (Lipinski definition) is 4. The van der Waals surface area contributed by atoms with E-state index in [1.54, 1.807) is 0 Å². The standard InChI is InChI=1S/C21H18BrN5/c1-23-17-8-11-27-21(17)19(20(26-27)16-4-2-3-9-24-16)15-7-10-25-18-12-13(22)5-6-14(15)18/h2-7,9-10,12,17,23H,8,11H2,1H3. The van der Waals surface area contributed by atoms with Crippen molar-refractivity contribution in [2.75, 3.05) is 7.05 Å². The first-order chi connectivity index (χ1) is 13.3. The van der Waals surface area contributed by atoms with Gasteiger partial charge in [0.1, 0.15) is 5.69 Å². The topological polar surface area (TPSA) is 55.6 Å². The lowest BCUT2D eigenvalue weighted by molar-refractivity contribution is 0.579. The Morgan fingerprint density at radius 1 is 1.11 bits per heavy atom. The summed E-state index contributed by atoms with van der Waals surface area (Å²) in [6.45, 7) is 0.912. The molecule has 4 heterocycles. The summed E-state index contributed by atoms with van der Waals surface area (Å²) in [5.41, 5.74) is 6.32. The number of pyridine rings is 2. The van der Waals surface area contributed by atoms with Crippen LogP contribution in [0.5, 0.6) is 0 Å². The van der Waals surface area contributed by atoms with Gasteiger partial charge in [-0.3, -0.25) is 14.6 Å². The first-order valence-electron chi connectivity index (χ1n) is 9.00. The first-order valence-corrected chi connectivity index (χ1v) is 9.79. The van der Waals surface area contributed by atoms with E-state index in [4.69, 9.17) is 5.10 Å². The Morgan fingerprint density at radius 2 is 2.04 bits per heavy atom. The largest absolute Gasteiger partial charge is 0.312 e. The van der Waals surface area contributed by atoms with E-state index in [-0.39, 0.29) is 6.04 Å². The molecule has 0 bridgehead atoms. The molecule has 1 aliphatic heterocycles. The van der Waals surface area contributed by atoms with Gasteiger partial charge < -0.3 is 5.32 Å². The number of aryl methyl sites for hydroxylation is 1. The minimum Gasteiger partial charge on any atom is -0.312 e. The van der Waals surface area contributed by atoms with Crippen LogP contribution in [0.25, 0.3) is 33.4 Å². The number of hydrogen-bond donors (Lipinski definition) is 1. The van der Waals surface area contributed by atoms with Crippen LogP contribution in [-0.2, 0) is 6.54 Å². The summed E-state index contributed by atoms with van der Waals surface area (Å²) >= 11 is 3.55. The van der Waals surface area contributed by atoms with Crippen LogP contribution in [0.2, 0.25) is 0 Å². The van der Waals surface area contributed by atoms with Crippen molar-refractivity contribution in [3.63, 3.8) is 0 Å². The summed E-state index contributed by atoms with van der Waals surface area (Å²) in [6, 6.07) is 14.6. The third-order valence-electron chi connectivity index (χ3n) is 5.18. The number of rotatable bonds is 3. The fourth-order valence-electron chi connectivity index (χ4n) is 3.96. The maximum Gasteiger partial charge on any atom is 0.119 e. The van der Waals surface area contributed by atoms with Crippen LogP contribution < -0.4 is 5.32 Å². The van der Waals surface area contributed by atoms with Crippen molar-refractivity contribution in [2.24, 2.45) is 0 Å². The van der Waals surface area contributed by atoms with Crippen molar-refractivity contribution in [3.8, 4) is 22.5 Å². The highest BCUT2D eigenvalue weighted by atomic mass is 79.9. The molecule has 6 heteroatoms. The van der Waals surface area contributed by atoms with Crippen molar-refractivity contribution in [1.82, 2.24) is 25.1 Å². The van der Waals surface area contributed by atoms with Gasteiger partial charge in [-0.05, 0) is 49.4 Å². The van der Waals surface area contributed by atoms with E-state index in [9.17, 15) is 0 Å². The lowest BCUT2D eigenvalue weighted by atomic mass is 9.95. The number of halogens is 1. The van der Waals surface area contributed by atoms with Crippen LogP contribution in [0.4, 0.5) is 0 Å². The number of nitrogens with zero attached hydrogens (tertiary/aromatic N) is 4. The normalized spacial score (nSPS) is 16.0. The molecule has 0 fully saturated rings. The van der Waals surface area contributed by atoms with Gasteiger partial charge >= 0.3 is 0 Å². The highest BCUT2D eigenvalue weighted by molar-refractivity contribution is 9.10. The van der Waals surface area contributed by atoms with Gasteiger partial charge in [0.05, 0.1) is 22.9 Å². The van der Waals surface area contributed by atoms with Gasteiger partial charge in [-0.25, -0.2) is 0 Å². The molecule has 0 saturated heterocycles. The van der Waals surface area contributed by atoms with Crippen molar-refractivity contribution in [3.05, 3.63) is 65.0 Å². The lowest BCUT2D eigenvalue weighted by Gasteiger charge is -2.13. The molecular weight excluding hydrogens is 402 g/mol. The number of aromatic nitrogens is 4. The Hall–Kier alpha value is -2.57. The maximum absolute atomic E-state index is 4.94. The maximum atomic E-state index is 4.94. The van der Waals surface area contributed by atoms with E-state index >= 15 is 0 Å². The summed E-state index contributed by atoms with van der Waals surface area (Å²) in [5, 5.41) is 9.51. The van der Waals surface area contributed by atoms with Gasteiger partial charge in [-0.1, -0.05) is 28.1 Å². The highest BCUT2D eigenvalue weighted by Crippen LogP contribution is 2.42. The summed E-state index contributed by atoms with van der Waals surface area (Å²) in [4.78, 5) is 9.13. The second kappa shape index (κ2) is 6.55. The van der Waals surface area contributed by atoms with Crippen molar-refractivity contribution in [2.45, 2.75) is 19.0 Å². The number of fused-ring (bicyclic) bond motifs is 2. The second-order valence-electron chi connectivity index (χ2n) is 6.70. The molecule has 1 unspecified atom stereocenters. The molecule has 4 aromatic rings. The molecule has 1 aliphatic rings. The highest BCUT2D eigenvalue weighted by Gasteiger charge is 2.31. The van der Waals surface area contributed by atoms with Gasteiger partial charge in [0.25, 0.3) is 0 Å². The minimum atomic E-state index is 0.281. The molecule has 1 N–H and O–H groups in total. The molecule has 0 saturated carbocycles. The Labute approximate surface area is 165 Å². The summed E-state index contributed by atoms with van der Waals surface area (Å²) < 4.78 is 3.16. The monoisotopic (exact) mass is 419 g/mol. The van der Waals surface area contributed by atoms with Gasteiger partial charge in [0.15, 0.2) is 0 Å². The van der Waals surface area contributed by atoms with Crippen molar-refractivity contribution < 1.29 is 0 Å². The van der Waals surface area contributed by atoms with Gasteiger partial charge in [-0.15, -0.1) is 0 Å². The first kappa shape index (κ1) is 16.6. The Balaban J connectivity index is 1.84. The van der Waals surface area contributed by atoms with Crippen molar-refractivity contribution in [1.29, 1.82) is 0 Å². The van der Waals surface area contributed by atoms with Crippen LogP contribution in [0.1, 0.15) is 18.2 Å². The molecule has 0 aliphatic carbocycles. The molecule has 0 spiro atoms. The van der Waals surface area contributed by atoms with E-state index in [0.717, 1.165) is 50.9 Å². The molecule has 5 rings (SSSR count). The molecule has 1 atom stereocenters. The average molecular weight is 420 g/mol. The Kier molecular flexibility index (Phi) is 4.02. The van der Waals surface area contributed by atoms with Crippen LogP contribution >= 0.6 is 15.9 Å². The molecule has 1 aromatic carbocycles. The minimum absolute atomic E-state index is 0.281. The number of nitrogens with one attached hydrogen (secondary N) is 1. The number of benzene rings is 1. The van der Waals surface area contributed by atoms with E-state index < -0.39 is 0 Å². The van der Waals surface area contributed by atoms with Crippen LogP contribution in [-0.4, -0.2) is 26.8 Å². The zero-order valence-electron chi connectivity index (χ0n) is 14.9. The predicted molar refractivity (Wildman–Crippen MR) is 110 cm³/mol. The van der Waals surface area contributed by atoms with Crippen molar-refractivity contribution >= 4 is 26.8 Å². The Morgan fingerprint density at radius 3 is 2.85 bits per heavy atom. The Bertz CT molecular complexity index is 1140. The molecule has 27 heavy (non-hydrogen) atoms. The van der Waals surface area contributed by atoms with Crippen LogP contribution in [0, 0.1) is 0 Å². The molecule has 134 valence electrons. The molecule has 5 nitrogen and oxygen atoms in total. The molecular formula is C21H18BrN5. The third kappa shape index (κ3) is 2.67. The molecule has 0 amide bonds. The average Bonchev–Trinajstić information content (AvgIpc) is 3.27. The lowest BCUT2D eigenvalue weighted by Crippen LogP contribution is -2.13. The van der Waals surface area contributed by atoms with Gasteiger partial charge in [0.2, 0.25) is 0 Å². The zero-order chi connectivity index (χ0) is 18.4. The van der Waals surface area contributed by atoms with E-state index in [1.807, 2.05) is 37.6 Å². The summed E-state index contributed by atoms with van der Waals surface area (Å²) in [7, 11) is 2.01. The van der Waals surface area contributed by atoms with Crippen LogP contribution in [0.15, 0.2) is 59.3 Å². The summed E-state index contributed by atoms with van der Waals surface area (Å²) in [6.07, 6.45) is 4.74. The predicted octanol–water partition coefficient (Wildman–Crippen LogP) is 4.59. The fraction of sp³-hybridized carbons (Fsp3) is 0.190. The summed E-state index contributed by atoms with van der Waals surface area (Å²) in [5.74, 6) is 0. The van der Waals surface area contributed by atoms with Crippen LogP contribution in [0.3, 0.4) is 0 Å². The SMILES string of the molecule is CNC1CCn2nc(-c3ccccn3)c(-c3ccnc4cc(Br)ccc34)c21.